The summed E-state index contributed by atoms with van der Waals surface area (Å²) in [7, 11) is 0. The molecule has 0 aliphatic carbocycles. The Hall–Kier alpha value is -2.28. The van der Waals surface area contributed by atoms with Gasteiger partial charge < -0.3 is 23.7 Å². The standard InChI is InChI=1S/C25H32O5.4CH4/c1-3-22-5-9-24(10-6-22)19-27-15-13-26-14-17-29-21-30-18-16-28-20-25-11-7-23(4-2)8-12-25;;;;/h3-12H,1-2,13-21H2;4*1H4. The third kappa shape index (κ3) is 16.4. The molecule has 5 nitrogen and oxygen atoms in total. The predicted octanol–water partition coefficient (Wildman–Crippen LogP) is 7.26. The van der Waals surface area contributed by atoms with Gasteiger partial charge >= 0.3 is 0 Å². The minimum Gasteiger partial charge on any atom is -0.377 e. The lowest BCUT2D eigenvalue weighted by atomic mass is 10.1. The van der Waals surface area contributed by atoms with E-state index in [0.29, 0.717) is 52.9 Å². The summed E-state index contributed by atoms with van der Waals surface area (Å²) in [5.41, 5.74) is 4.47. The minimum absolute atomic E-state index is 0. The molecule has 2 rings (SSSR count). The average molecular weight is 477 g/mol. The molecular weight excluding hydrogens is 428 g/mol. The lowest BCUT2D eigenvalue weighted by Gasteiger charge is -2.08. The molecule has 0 aliphatic rings. The molecule has 0 saturated heterocycles. The van der Waals surface area contributed by atoms with Gasteiger partial charge in [-0.25, -0.2) is 0 Å². The van der Waals surface area contributed by atoms with Crippen LogP contribution in [0.3, 0.4) is 0 Å². The van der Waals surface area contributed by atoms with Gasteiger partial charge in [-0.1, -0.05) is 104 Å². The Morgan fingerprint density at radius 2 is 0.794 bits per heavy atom. The van der Waals surface area contributed by atoms with Crippen molar-refractivity contribution in [3.63, 3.8) is 0 Å². The number of benzene rings is 2. The summed E-state index contributed by atoms with van der Waals surface area (Å²) < 4.78 is 27.4. The van der Waals surface area contributed by atoms with Crippen LogP contribution >= 0.6 is 0 Å². The van der Waals surface area contributed by atoms with E-state index in [1.165, 1.54) is 0 Å². The zero-order valence-electron chi connectivity index (χ0n) is 17.6. The van der Waals surface area contributed by atoms with Gasteiger partial charge in [-0.3, -0.25) is 0 Å². The van der Waals surface area contributed by atoms with Crippen molar-refractivity contribution in [2.75, 3.05) is 46.4 Å². The van der Waals surface area contributed by atoms with E-state index in [0.717, 1.165) is 22.3 Å². The van der Waals surface area contributed by atoms with Gasteiger partial charge in [0.15, 0.2) is 0 Å². The number of hydrogen-bond acceptors (Lipinski definition) is 5. The van der Waals surface area contributed by atoms with E-state index in [9.17, 15) is 0 Å². The maximum Gasteiger partial charge on any atom is 0.146 e. The number of ether oxygens (including phenoxy) is 5. The molecule has 0 heterocycles. The van der Waals surface area contributed by atoms with Gasteiger partial charge in [-0.05, 0) is 22.3 Å². The van der Waals surface area contributed by atoms with E-state index in [4.69, 9.17) is 23.7 Å². The molecule has 0 atom stereocenters. The van der Waals surface area contributed by atoms with E-state index in [2.05, 4.69) is 13.2 Å². The van der Waals surface area contributed by atoms with Gasteiger partial charge in [0.05, 0.1) is 52.9 Å². The molecular formula is C29H48O5. The van der Waals surface area contributed by atoms with Crippen LogP contribution in [0.5, 0.6) is 0 Å². The largest absolute Gasteiger partial charge is 0.377 e. The highest BCUT2D eigenvalue weighted by molar-refractivity contribution is 5.47. The van der Waals surface area contributed by atoms with E-state index >= 15 is 0 Å². The van der Waals surface area contributed by atoms with Crippen LogP contribution in [0.4, 0.5) is 0 Å². The monoisotopic (exact) mass is 476 g/mol. The van der Waals surface area contributed by atoms with E-state index in [1.54, 1.807) is 0 Å². The molecule has 0 amide bonds. The Labute approximate surface area is 209 Å². The molecule has 0 aromatic heterocycles. The van der Waals surface area contributed by atoms with Gasteiger partial charge in [0.2, 0.25) is 0 Å². The average Bonchev–Trinajstić information content (AvgIpc) is 2.80. The van der Waals surface area contributed by atoms with Crippen LogP contribution in [-0.2, 0) is 36.9 Å². The zero-order valence-corrected chi connectivity index (χ0v) is 17.6. The van der Waals surface area contributed by atoms with E-state index in [1.807, 2.05) is 60.7 Å². The Morgan fingerprint density at radius 3 is 1.15 bits per heavy atom. The Balaban J connectivity index is -0.00000240. The fourth-order valence-electron chi connectivity index (χ4n) is 2.51. The molecule has 0 spiro atoms. The molecule has 0 aliphatic heterocycles. The normalized spacial score (nSPS) is 9.53. The maximum atomic E-state index is 5.58. The summed E-state index contributed by atoms with van der Waals surface area (Å²) in [6.45, 7) is 12.0. The SMILES string of the molecule is C.C.C.C.C=Cc1ccc(COCCOCCOCOCCOCc2ccc(C=C)cc2)cc1. The van der Waals surface area contributed by atoms with Crippen molar-refractivity contribution < 1.29 is 23.7 Å². The first-order chi connectivity index (χ1) is 14.8. The van der Waals surface area contributed by atoms with E-state index in [-0.39, 0.29) is 36.5 Å². The van der Waals surface area contributed by atoms with Crippen LogP contribution in [0.15, 0.2) is 61.7 Å². The Kier molecular flexibility index (Phi) is 25.5. The summed E-state index contributed by atoms with van der Waals surface area (Å²) in [5, 5.41) is 0. The van der Waals surface area contributed by atoms with Crippen LogP contribution in [0.1, 0.15) is 52.0 Å². The van der Waals surface area contributed by atoms with Crippen molar-refractivity contribution in [1.29, 1.82) is 0 Å². The van der Waals surface area contributed by atoms with Crippen molar-refractivity contribution >= 4 is 12.2 Å². The highest BCUT2D eigenvalue weighted by Gasteiger charge is 1.96. The first kappa shape index (κ1) is 36.3. The zero-order chi connectivity index (χ0) is 21.3. The lowest BCUT2D eigenvalue weighted by Crippen LogP contribution is -2.12. The predicted molar refractivity (Wildman–Crippen MR) is 147 cm³/mol. The van der Waals surface area contributed by atoms with Crippen molar-refractivity contribution in [2.45, 2.75) is 42.9 Å². The number of rotatable bonds is 17. The summed E-state index contributed by atoms with van der Waals surface area (Å²) in [4.78, 5) is 0. The third-order valence-electron chi connectivity index (χ3n) is 4.25. The third-order valence-corrected chi connectivity index (χ3v) is 4.25. The molecule has 0 fully saturated rings. The summed E-state index contributed by atoms with van der Waals surface area (Å²) in [6, 6.07) is 16.2. The Bertz CT molecular complexity index is 647. The summed E-state index contributed by atoms with van der Waals surface area (Å²) in [5.74, 6) is 0. The highest BCUT2D eigenvalue weighted by atomic mass is 16.7. The second-order valence-corrected chi connectivity index (χ2v) is 6.54. The molecule has 0 unspecified atom stereocenters. The summed E-state index contributed by atoms with van der Waals surface area (Å²) in [6.07, 6.45) is 3.65. The van der Waals surface area contributed by atoms with Gasteiger partial charge in [0.25, 0.3) is 0 Å². The molecule has 0 bridgehead atoms. The molecule has 0 radical (unpaired) electrons. The molecule has 5 heteroatoms. The van der Waals surface area contributed by atoms with Crippen molar-refractivity contribution in [1.82, 2.24) is 0 Å². The van der Waals surface area contributed by atoms with Crippen molar-refractivity contribution in [2.24, 2.45) is 0 Å². The van der Waals surface area contributed by atoms with Crippen LogP contribution in [0.2, 0.25) is 0 Å². The molecule has 34 heavy (non-hydrogen) atoms. The fourth-order valence-corrected chi connectivity index (χ4v) is 2.51. The molecule has 2 aromatic carbocycles. The topological polar surface area (TPSA) is 46.2 Å². The Morgan fingerprint density at radius 1 is 0.471 bits per heavy atom. The second kappa shape index (κ2) is 23.9. The first-order valence-corrected chi connectivity index (χ1v) is 10.1. The van der Waals surface area contributed by atoms with Crippen LogP contribution in [-0.4, -0.2) is 46.4 Å². The van der Waals surface area contributed by atoms with E-state index < -0.39 is 0 Å². The second-order valence-electron chi connectivity index (χ2n) is 6.54. The van der Waals surface area contributed by atoms with Crippen molar-refractivity contribution in [3.05, 3.63) is 83.9 Å². The highest BCUT2D eigenvalue weighted by Crippen LogP contribution is 2.07. The van der Waals surface area contributed by atoms with Crippen LogP contribution in [0.25, 0.3) is 12.2 Å². The van der Waals surface area contributed by atoms with Gasteiger partial charge in [0.1, 0.15) is 6.79 Å². The first-order valence-electron chi connectivity index (χ1n) is 10.1. The molecule has 2 aromatic rings. The maximum absolute atomic E-state index is 5.58. The smallest absolute Gasteiger partial charge is 0.146 e. The lowest BCUT2D eigenvalue weighted by molar-refractivity contribution is -0.0848. The fraction of sp³-hybridized carbons (Fsp3) is 0.448. The molecule has 194 valence electrons. The van der Waals surface area contributed by atoms with Gasteiger partial charge in [-0.2, -0.15) is 0 Å². The van der Waals surface area contributed by atoms with Crippen LogP contribution in [0, 0.1) is 0 Å². The van der Waals surface area contributed by atoms with Gasteiger partial charge in [-0.15, -0.1) is 0 Å². The molecule has 0 N–H and O–H groups in total. The minimum atomic E-state index is 0. The van der Waals surface area contributed by atoms with Crippen molar-refractivity contribution in [3.8, 4) is 0 Å². The summed E-state index contributed by atoms with van der Waals surface area (Å²) >= 11 is 0. The van der Waals surface area contributed by atoms with Crippen LogP contribution < -0.4 is 0 Å². The number of hydrogen-bond donors (Lipinski definition) is 0. The molecule has 0 saturated carbocycles. The van der Waals surface area contributed by atoms with Gasteiger partial charge in [0, 0.05) is 0 Å². The quantitative estimate of drug-likeness (QED) is 0.178.